The first-order chi connectivity index (χ1) is 11.8. The molecule has 1 N–H and O–H groups in total. The molecule has 0 spiro atoms. The first-order valence-electron chi connectivity index (χ1n) is 9.01. The molecule has 25 heavy (non-hydrogen) atoms. The maximum absolute atomic E-state index is 13.0. The second-order valence-electron chi connectivity index (χ2n) is 7.27. The Kier molecular flexibility index (Phi) is 5.98. The molecule has 0 radical (unpaired) electrons. The van der Waals surface area contributed by atoms with Crippen molar-refractivity contribution in [2.75, 3.05) is 11.9 Å². The minimum atomic E-state index is -1.13. The Balaban J connectivity index is 2.10. The van der Waals surface area contributed by atoms with Crippen molar-refractivity contribution >= 4 is 23.3 Å². The number of nitrogens with one attached hydrogen (secondary N) is 1. The molecule has 0 aromatic heterocycles. The lowest BCUT2D eigenvalue weighted by molar-refractivity contribution is -0.149. The molecule has 1 atom stereocenters. The fraction of sp³-hybridized carbons (Fsp3) is 0.550. The molecule has 2 rings (SSSR count). The lowest BCUT2D eigenvalue weighted by Gasteiger charge is -2.39. The third kappa shape index (κ3) is 4.27. The van der Waals surface area contributed by atoms with Gasteiger partial charge < -0.3 is 10.2 Å². The fourth-order valence-corrected chi connectivity index (χ4v) is 3.22. The molecule has 1 aliphatic heterocycles. The van der Waals surface area contributed by atoms with Crippen molar-refractivity contribution in [1.29, 1.82) is 0 Å². The van der Waals surface area contributed by atoms with Crippen molar-refractivity contribution in [2.24, 2.45) is 5.41 Å². The summed E-state index contributed by atoms with van der Waals surface area (Å²) in [4.78, 5) is 38.9. The Labute approximate surface area is 149 Å². The molecule has 1 saturated heterocycles. The monoisotopic (exact) mass is 344 g/mol. The molecule has 136 valence electrons. The largest absolute Gasteiger partial charge is 0.339 e. The van der Waals surface area contributed by atoms with Gasteiger partial charge in [-0.2, -0.15) is 0 Å². The van der Waals surface area contributed by atoms with E-state index in [2.05, 4.69) is 12.2 Å². The number of ketones is 1. The Morgan fingerprint density at radius 1 is 1.16 bits per heavy atom. The molecular weight excluding hydrogens is 316 g/mol. The van der Waals surface area contributed by atoms with Crippen LogP contribution in [-0.4, -0.2) is 35.1 Å². The number of nitrogens with zero attached hydrogens (tertiary/aromatic N) is 1. The van der Waals surface area contributed by atoms with Crippen LogP contribution in [0.2, 0.25) is 0 Å². The van der Waals surface area contributed by atoms with Gasteiger partial charge >= 0.3 is 0 Å². The second-order valence-corrected chi connectivity index (χ2v) is 7.27. The van der Waals surface area contributed by atoms with Gasteiger partial charge in [0.2, 0.25) is 11.8 Å². The molecule has 1 fully saturated rings. The summed E-state index contributed by atoms with van der Waals surface area (Å²) in [6, 6.07) is 6.94. The van der Waals surface area contributed by atoms with Crippen molar-refractivity contribution in [3.05, 3.63) is 29.8 Å². The molecule has 0 saturated carbocycles. The van der Waals surface area contributed by atoms with Gasteiger partial charge in [0, 0.05) is 23.8 Å². The van der Waals surface area contributed by atoms with Crippen molar-refractivity contribution in [3.63, 3.8) is 0 Å². The van der Waals surface area contributed by atoms with Gasteiger partial charge in [-0.1, -0.05) is 6.92 Å². The fourth-order valence-electron chi connectivity index (χ4n) is 3.22. The smallest absolute Gasteiger partial charge is 0.239 e. The number of piperidine rings is 1. The summed E-state index contributed by atoms with van der Waals surface area (Å²) >= 11 is 0. The minimum Gasteiger partial charge on any atom is -0.339 e. The Bertz CT molecular complexity index is 649. The van der Waals surface area contributed by atoms with Crippen LogP contribution in [-0.2, 0) is 9.59 Å². The van der Waals surface area contributed by atoms with Crippen molar-refractivity contribution in [1.82, 2.24) is 4.90 Å². The van der Waals surface area contributed by atoms with Crippen molar-refractivity contribution < 1.29 is 14.4 Å². The molecule has 1 unspecified atom stereocenters. The Morgan fingerprint density at radius 2 is 1.80 bits per heavy atom. The molecule has 2 amide bonds. The van der Waals surface area contributed by atoms with Gasteiger partial charge in [-0.15, -0.1) is 0 Å². The highest BCUT2D eigenvalue weighted by Crippen LogP contribution is 2.28. The van der Waals surface area contributed by atoms with Gasteiger partial charge in [-0.05, 0) is 70.7 Å². The van der Waals surface area contributed by atoms with Crippen molar-refractivity contribution in [2.45, 2.75) is 59.4 Å². The van der Waals surface area contributed by atoms with Gasteiger partial charge in [0.25, 0.3) is 0 Å². The summed E-state index contributed by atoms with van der Waals surface area (Å²) in [7, 11) is 0. The number of amides is 2. The molecular formula is C20H28N2O3. The van der Waals surface area contributed by atoms with Crippen molar-refractivity contribution in [3.8, 4) is 0 Å². The van der Waals surface area contributed by atoms with Gasteiger partial charge in [0.05, 0.1) is 0 Å². The molecule has 0 aliphatic carbocycles. The molecule has 0 bridgehead atoms. The predicted octanol–water partition coefficient (Wildman–Crippen LogP) is 3.65. The van der Waals surface area contributed by atoms with E-state index in [9.17, 15) is 14.4 Å². The number of likely N-dealkylation sites (tertiary alicyclic amines) is 1. The van der Waals surface area contributed by atoms with Crippen LogP contribution in [0.3, 0.4) is 0 Å². The summed E-state index contributed by atoms with van der Waals surface area (Å²) in [5.41, 5.74) is 0.0401. The topological polar surface area (TPSA) is 66.5 Å². The normalized spacial score (nSPS) is 17.9. The quantitative estimate of drug-likeness (QED) is 0.655. The lowest BCUT2D eigenvalue weighted by atomic mass is 9.87. The molecule has 1 aromatic rings. The maximum atomic E-state index is 13.0. The maximum Gasteiger partial charge on any atom is 0.239 e. The number of rotatable bonds is 5. The van der Waals surface area contributed by atoms with Crippen LogP contribution >= 0.6 is 0 Å². The predicted molar refractivity (Wildman–Crippen MR) is 98.5 cm³/mol. The molecule has 5 nitrogen and oxygen atoms in total. The van der Waals surface area contributed by atoms with E-state index in [0.29, 0.717) is 11.3 Å². The zero-order valence-electron chi connectivity index (χ0n) is 15.6. The van der Waals surface area contributed by atoms with Crippen LogP contribution in [0, 0.1) is 5.41 Å². The Morgan fingerprint density at radius 3 is 2.36 bits per heavy atom. The van der Waals surface area contributed by atoms with E-state index in [1.54, 1.807) is 38.1 Å². The molecule has 1 heterocycles. The third-order valence-electron chi connectivity index (χ3n) is 5.01. The average Bonchev–Trinajstić information content (AvgIpc) is 2.61. The number of Topliss-reactive ketones (excluding diaryl/α,β-unsaturated/α-hetero) is 1. The van der Waals surface area contributed by atoms with Crippen LogP contribution in [0.4, 0.5) is 5.69 Å². The van der Waals surface area contributed by atoms with Crippen LogP contribution in [0.5, 0.6) is 0 Å². The number of hydrogen-bond donors (Lipinski definition) is 1. The first kappa shape index (κ1) is 19.2. The number of carbonyl (C=O) groups excluding carboxylic acids is 3. The highest BCUT2D eigenvalue weighted by atomic mass is 16.2. The summed E-state index contributed by atoms with van der Waals surface area (Å²) in [5.74, 6) is -0.463. The number of benzene rings is 1. The summed E-state index contributed by atoms with van der Waals surface area (Å²) in [6.45, 7) is 7.66. The van der Waals surface area contributed by atoms with E-state index >= 15 is 0 Å². The van der Waals surface area contributed by atoms with Gasteiger partial charge in [-0.3, -0.25) is 14.4 Å². The van der Waals surface area contributed by atoms with E-state index in [4.69, 9.17) is 0 Å². The van der Waals surface area contributed by atoms with E-state index in [-0.39, 0.29) is 23.6 Å². The van der Waals surface area contributed by atoms with E-state index in [1.165, 1.54) is 6.92 Å². The lowest BCUT2D eigenvalue weighted by Crippen LogP contribution is -2.52. The van der Waals surface area contributed by atoms with Crippen LogP contribution in [0.15, 0.2) is 24.3 Å². The van der Waals surface area contributed by atoms with E-state index < -0.39 is 5.41 Å². The standard InChI is InChI=1S/C20H28N2O3/c1-5-17-8-6-7-13-22(17)19(25)20(3,4)18(24)21-16-11-9-15(10-12-16)14(2)23/h9-12,17H,5-8,13H2,1-4H3,(H,21,24). The zero-order valence-corrected chi connectivity index (χ0v) is 15.6. The summed E-state index contributed by atoms with van der Waals surface area (Å²) in [6.07, 6.45) is 4.05. The molecule has 1 aliphatic rings. The summed E-state index contributed by atoms with van der Waals surface area (Å²) < 4.78 is 0. The van der Waals surface area contributed by atoms with Gasteiger partial charge in [-0.25, -0.2) is 0 Å². The minimum absolute atomic E-state index is 0.0240. The van der Waals surface area contributed by atoms with Crippen LogP contribution in [0.25, 0.3) is 0 Å². The second kappa shape index (κ2) is 7.81. The zero-order chi connectivity index (χ0) is 18.6. The first-order valence-corrected chi connectivity index (χ1v) is 9.01. The number of hydrogen-bond acceptors (Lipinski definition) is 3. The summed E-state index contributed by atoms with van der Waals surface area (Å²) in [5, 5.41) is 2.80. The third-order valence-corrected chi connectivity index (χ3v) is 5.01. The number of carbonyl (C=O) groups is 3. The van der Waals surface area contributed by atoms with Gasteiger partial charge in [0.1, 0.15) is 5.41 Å². The van der Waals surface area contributed by atoms with Gasteiger partial charge in [0.15, 0.2) is 5.78 Å². The Hall–Kier alpha value is -2.17. The highest BCUT2D eigenvalue weighted by Gasteiger charge is 2.41. The van der Waals surface area contributed by atoms with E-state index in [0.717, 1.165) is 32.2 Å². The number of anilines is 1. The molecule has 1 aromatic carbocycles. The van der Waals surface area contributed by atoms with Crippen LogP contribution in [0.1, 0.15) is 63.7 Å². The average molecular weight is 344 g/mol. The highest BCUT2D eigenvalue weighted by molar-refractivity contribution is 6.10. The van der Waals surface area contributed by atoms with E-state index in [1.807, 2.05) is 4.90 Å². The van der Waals surface area contributed by atoms with Crippen LogP contribution < -0.4 is 5.32 Å². The SMILES string of the molecule is CCC1CCCCN1C(=O)C(C)(C)C(=O)Nc1ccc(C(C)=O)cc1. The molecule has 5 heteroatoms.